The van der Waals surface area contributed by atoms with Crippen molar-refractivity contribution in [2.45, 2.75) is 96.6 Å². The zero-order valence-corrected chi connectivity index (χ0v) is 38.9. The molecule has 1 unspecified atom stereocenters. The van der Waals surface area contributed by atoms with Crippen LogP contribution in [0, 0.1) is 37.0 Å². The highest BCUT2D eigenvalue weighted by Gasteiger charge is 2.72. The Kier molecular flexibility index (Phi) is 14.5. The maximum atomic E-state index is 13.9. The Hall–Kier alpha value is -5.32. The fourth-order valence-corrected chi connectivity index (χ4v) is 11.1. The number of nitrogens with one attached hydrogen (secondary N) is 1. The van der Waals surface area contributed by atoms with Gasteiger partial charge in [0.05, 0.1) is 39.9 Å². The van der Waals surface area contributed by atoms with Crippen LogP contribution in [-0.4, -0.2) is 71.5 Å². The summed E-state index contributed by atoms with van der Waals surface area (Å²) >= 11 is 0. The predicted octanol–water partition coefficient (Wildman–Crippen LogP) is 8.82. The number of aromatic nitrogens is 2. The fourth-order valence-electron chi connectivity index (χ4n) is 9.29. The molecule has 2 bridgehead atoms. The molecule has 0 spiro atoms. The molecule has 1 aromatic heterocycles. The van der Waals surface area contributed by atoms with Gasteiger partial charge >= 0.3 is 5.69 Å². The van der Waals surface area contributed by atoms with Crippen molar-refractivity contribution in [3.05, 3.63) is 158 Å². The van der Waals surface area contributed by atoms with Gasteiger partial charge in [0.1, 0.15) is 41.3 Å². The molecule has 0 radical (unpaired) electrons. The molecule has 4 aromatic carbocycles. The Morgan fingerprint density at radius 1 is 0.828 bits per heavy atom. The molecule has 13 nitrogen and oxygen atoms in total. The highest BCUT2D eigenvalue weighted by atomic mass is 31.2. The lowest BCUT2D eigenvalue weighted by Crippen LogP contribution is -2.57. The zero-order valence-electron chi connectivity index (χ0n) is 38.0. The van der Waals surface area contributed by atoms with E-state index >= 15 is 0 Å². The van der Waals surface area contributed by atoms with Crippen molar-refractivity contribution < 1.29 is 32.7 Å². The normalized spacial score (nSPS) is 22.2. The minimum Gasteiger partial charge on any atom is -0.497 e. The summed E-state index contributed by atoms with van der Waals surface area (Å²) in [5.41, 5.74) is 0.106. The average molecular weight is 891 g/mol. The van der Waals surface area contributed by atoms with E-state index in [1.165, 1.54) is 4.57 Å². The maximum absolute atomic E-state index is 13.9. The second-order valence-electron chi connectivity index (χ2n) is 17.1. The number of ether oxygens (including phenoxy) is 5. The van der Waals surface area contributed by atoms with Gasteiger partial charge in [-0.3, -0.25) is 14.3 Å². The van der Waals surface area contributed by atoms with Crippen molar-refractivity contribution in [2.75, 3.05) is 27.4 Å². The molecule has 0 amide bonds. The third kappa shape index (κ3) is 9.01. The third-order valence-corrected chi connectivity index (χ3v) is 14.4. The lowest BCUT2D eigenvalue weighted by Gasteiger charge is -2.45. The largest absolute Gasteiger partial charge is 0.497 e. The number of H-pyrrole nitrogens is 1. The molecule has 1 aliphatic heterocycles. The van der Waals surface area contributed by atoms with Crippen LogP contribution in [0.5, 0.6) is 17.2 Å². The molecule has 2 heterocycles. The fraction of sp³-hybridized carbons (Fsp3) is 0.420. The van der Waals surface area contributed by atoms with Gasteiger partial charge in [0.15, 0.2) is 5.60 Å². The summed E-state index contributed by atoms with van der Waals surface area (Å²) in [5.74, 6) is 1.15. The van der Waals surface area contributed by atoms with Crippen molar-refractivity contribution >= 4 is 8.53 Å². The van der Waals surface area contributed by atoms with E-state index in [0.29, 0.717) is 22.8 Å². The molecule has 1 aliphatic carbocycles. The Morgan fingerprint density at radius 2 is 1.39 bits per heavy atom. The highest BCUT2D eigenvalue weighted by Crippen LogP contribution is 2.63. The van der Waals surface area contributed by atoms with Gasteiger partial charge < -0.3 is 32.7 Å². The third-order valence-electron chi connectivity index (χ3n) is 12.3. The Balaban J connectivity index is 1.47. The Bertz CT molecular complexity index is 2430. The number of methoxy groups -OCH3 is 2. The molecule has 64 heavy (non-hydrogen) atoms. The summed E-state index contributed by atoms with van der Waals surface area (Å²) < 4.78 is 51.1. The average Bonchev–Trinajstić information content (AvgIpc) is 3.71. The SMILES string of the molecule is COc1ccc(C(OC[C@]23O[C@@H](n4cc(C)c(=O)[nH]c4=O)[C@H]([C@H](C)[C@@H]2Oc2ccc(C)cc2)[C@@H]3OP(OCCC#N)N(C(C)C)C(C)C)(c2ccccc2)c2ccc(OC)cc2)cc1. The molecular weight excluding hydrogens is 832 g/mol. The second-order valence-corrected chi connectivity index (χ2v) is 18.5. The van der Waals surface area contributed by atoms with Crippen molar-refractivity contribution in [3.8, 4) is 23.3 Å². The summed E-state index contributed by atoms with van der Waals surface area (Å²) in [4.78, 5) is 29.2. The van der Waals surface area contributed by atoms with Gasteiger partial charge in [0, 0.05) is 35.7 Å². The van der Waals surface area contributed by atoms with E-state index in [2.05, 4.69) is 50.3 Å². The first-order chi connectivity index (χ1) is 30.8. The van der Waals surface area contributed by atoms with Crippen molar-refractivity contribution in [1.29, 1.82) is 5.26 Å². The van der Waals surface area contributed by atoms with Crippen molar-refractivity contribution in [1.82, 2.24) is 14.2 Å². The Morgan fingerprint density at radius 3 is 1.94 bits per heavy atom. The number of nitriles is 1. The molecule has 2 fully saturated rings. The topological polar surface area (TPSA) is 147 Å². The Labute approximate surface area is 376 Å². The monoisotopic (exact) mass is 890 g/mol. The number of fused-ring (bicyclic) bond motifs is 2. The van der Waals surface area contributed by atoms with Gasteiger partial charge in [0.2, 0.25) is 0 Å². The van der Waals surface area contributed by atoms with Crippen LogP contribution in [0.3, 0.4) is 0 Å². The number of benzene rings is 4. The zero-order chi connectivity index (χ0) is 45.8. The molecule has 5 aromatic rings. The number of aromatic amines is 1. The van der Waals surface area contributed by atoms with Crippen LogP contribution in [-0.2, 0) is 24.1 Å². The van der Waals surface area contributed by atoms with Crippen LogP contribution >= 0.6 is 8.53 Å². The van der Waals surface area contributed by atoms with E-state index < -0.39 is 55.3 Å². The molecule has 1 saturated carbocycles. The minimum absolute atomic E-state index is 0.00598. The number of nitrogens with zero attached hydrogens (tertiary/aromatic N) is 3. The molecule has 7 rings (SSSR count). The van der Waals surface area contributed by atoms with Gasteiger partial charge in [-0.15, -0.1) is 0 Å². The molecular formula is C50H59N4O9P. The predicted molar refractivity (Wildman–Crippen MR) is 246 cm³/mol. The van der Waals surface area contributed by atoms with E-state index in [1.807, 2.05) is 110 Å². The summed E-state index contributed by atoms with van der Waals surface area (Å²) in [6.07, 6.45) is -0.706. The number of rotatable bonds is 19. The van der Waals surface area contributed by atoms with E-state index in [1.54, 1.807) is 27.3 Å². The number of hydrogen-bond acceptors (Lipinski definition) is 11. The first-order valence-electron chi connectivity index (χ1n) is 21.7. The lowest BCUT2D eigenvalue weighted by atomic mass is 9.79. The first-order valence-corrected chi connectivity index (χ1v) is 22.9. The van der Waals surface area contributed by atoms with Crippen molar-refractivity contribution in [2.24, 2.45) is 11.8 Å². The molecule has 14 heteroatoms. The molecule has 7 atom stereocenters. The van der Waals surface area contributed by atoms with Crippen LogP contribution in [0.15, 0.2) is 119 Å². The van der Waals surface area contributed by atoms with E-state index in [0.717, 1.165) is 22.3 Å². The number of aryl methyl sites for hydroxylation is 2. The second kappa shape index (κ2) is 19.8. The first kappa shape index (κ1) is 46.7. The van der Waals surface area contributed by atoms with Gasteiger partial charge in [-0.1, -0.05) is 79.2 Å². The van der Waals surface area contributed by atoms with Crippen LogP contribution in [0.2, 0.25) is 0 Å². The summed E-state index contributed by atoms with van der Waals surface area (Å²) in [6, 6.07) is 35.7. The molecule has 1 saturated heterocycles. The van der Waals surface area contributed by atoms with Gasteiger partial charge in [0.25, 0.3) is 14.1 Å². The van der Waals surface area contributed by atoms with Gasteiger partial charge in [-0.05, 0) is 94.6 Å². The molecule has 1 N–H and O–H groups in total. The van der Waals surface area contributed by atoms with E-state index in [4.69, 9.17) is 32.7 Å². The lowest BCUT2D eigenvalue weighted by molar-refractivity contribution is -0.215. The molecule has 338 valence electrons. The summed E-state index contributed by atoms with van der Waals surface area (Å²) in [6.45, 7) is 14.1. The van der Waals surface area contributed by atoms with E-state index in [-0.39, 0.29) is 37.6 Å². The van der Waals surface area contributed by atoms with Crippen LogP contribution in [0.25, 0.3) is 0 Å². The summed E-state index contributed by atoms with van der Waals surface area (Å²) in [5, 5.41) is 9.60. The van der Waals surface area contributed by atoms with Crippen molar-refractivity contribution in [3.63, 3.8) is 0 Å². The van der Waals surface area contributed by atoms with Gasteiger partial charge in [-0.25, -0.2) is 9.46 Å². The van der Waals surface area contributed by atoms with Crippen LogP contribution in [0.1, 0.15) is 75.1 Å². The maximum Gasteiger partial charge on any atom is 0.330 e. The minimum atomic E-state index is -1.84. The van der Waals surface area contributed by atoms with E-state index in [9.17, 15) is 14.9 Å². The standard InChI is InChI=1S/C50H59N4O9P/c1-32(2)54(33(3)4)64(60-29-13-28-51)63-45-43-36(7)44(61-42-22-16-34(5)17-23-42)49(45,62-47(43)53-30-35(6)46(55)52-48(53)56)31-59-50(37-14-11-10-12-15-37,38-18-24-40(57-8)25-19-38)39-20-26-41(58-9)27-21-39/h10-12,14-27,30,32-33,36,43-45,47H,13,29,31H2,1-9H3,(H,52,55,56)/t36-,43+,44-,45-,47+,49-,64?/m0/s1. The molecule has 2 aliphatic rings. The van der Waals surface area contributed by atoms with Crippen LogP contribution < -0.4 is 25.5 Å². The smallest absolute Gasteiger partial charge is 0.330 e. The van der Waals surface area contributed by atoms with Crippen LogP contribution in [0.4, 0.5) is 0 Å². The van der Waals surface area contributed by atoms with Gasteiger partial charge in [-0.2, -0.15) is 5.26 Å². The highest BCUT2D eigenvalue weighted by molar-refractivity contribution is 7.44. The number of hydrogen-bond donors (Lipinski definition) is 1. The summed E-state index contributed by atoms with van der Waals surface area (Å²) in [7, 11) is 1.42. The quantitative estimate of drug-likeness (QED) is 0.0482.